The summed E-state index contributed by atoms with van der Waals surface area (Å²) in [7, 11) is 0. The molecule has 0 bridgehead atoms. The van der Waals surface area contributed by atoms with Crippen LogP contribution >= 0.6 is 0 Å². The van der Waals surface area contributed by atoms with Crippen LogP contribution < -0.4 is 11.1 Å². The molecule has 1 aromatic rings. The minimum atomic E-state index is -0.228. The van der Waals surface area contributed by atoms with Gasteiger partial charge in [-0.05, 0) is 18.1 Å². The molecular weight excluding hydrogens is 242 g/mol. The van der Waals surface area contributed by atoms with Crippen LogP contribution in [0.2, 0.25) is 0 Å². The minimum Gasteiger partial charge on any atom is -0.409 e. The van der Waals surface area contributed by atoms with E-state index in [4.69, 9.17) is 10.9 Å². The van der Waals surface area contributed by atoms with E-state index in [9.17, 15) is 5.11 Å². The smallest absolute Gasteiger partial charge is 0.170 e. The van der Waals surface area contributed by atoms with Crippen molar-refractivity contribution in [3.8, 4) is 0 Å². The Labute approximate surface area is 113 Å². The summed E-state index contributed by atoms with van der Waals surface area (Å²) in [4.78, 5) is 0. The van der Waals surface area contributed by atoms with Gasteiger partial charge in [-0.1, -0.05) is 37.2 Å². The highest BCUT2D eigenvalue weighted by atomic mass is 16.4. The van der Waals surface area contributed by atoms with Crippen molar-refractivity contribution in [3.05, 3.63) is 35.4 Å². The van der Waals surface area contributed by atoms with Gasteiger partial charge in [0.25, 0.3) is 0 Å². The number of hydrogen-bond donors (Lipinski definition) is 4. The average Bonchev–Trinajstić information content (AvgIpc) is 2.42. The number of rotatable bonds is 4. The molecule has 0 radical (unpaired) electrons. The van der Waals surface area contributed by atoms with Crippen LogP contribution in [0.3, 0.4) is 0 Å². The number of hydrogen-bond acceptors (Lipinski definition) is 4. The topological polar surface area (TPSA) is 90.9 Å². The number of aliphatic hydroxyl groups excluding tert-OH is 1. The maximum absolute atomic E-state index is 9.69. The molecule has 2 unspecified atom stereocenters. The van der Waals surface area contributed by atoms with Crippen LogP contribution in [0, 0.1) is 5.41 Å². The molecule has 0 amide bonds. The SMILES string of the molecule is CC1(C)C(O)CC1NCc1cccc(/C(N)=N/O)c1. The first-order chi connectivity index (χ1) is 8.95. The molecule has 0 spiro atoms. The maximum Gasteiger partial charge on any atom is 0.170 e. The maximum atomic E-state index is 9.69. The number of aliphatic hydroxyl groups is 1. The van der Waals surface area contributed by atoms with Crippen molar-refractivity contribution in [2.45, 2.75) is 39.0 Å². The van der Waals surface area contributed by atoms with E-state index in [2.05, 4.69) is 24.3 Å². The van der Waals surface area contributed by atoms with Crippen molar-refractivity contribution in [2.24, 2.45) is 16.3 Å². The normalized spacial score (nSPS) is 25.9. The van der Waals surface area contributed by atoms with Gasteiger partial charge in [-0.2, -0.15) is 0 Å². The van der Waals surface area contributed by atoms with Crippen molar-refractivity contribution in [2.75, 3.05) is 0 Å². The number of nitrogens with two attached hydrogens (primary N) is 1. The number of amidine groups is 1. The first-order valence-corrected chi connectivity index (χ1v) is 6.43. The van der Waals surface area contributed by atoms with Crippen LogP contribution in [-0.2, 0) is 6.54 Å². The first-order valence-electron chi connectivity index (χ1n) is 6.43. The Hall–Kier alpha value is -1.59. The summed E-state index contributed by atoms with van der Waals surface area (Å²) in [5.74, 6) is 0.112. The molecule has 5 heteroatoms. The lowest BCUT2D eigenvalue weighted by atomic mass is 9.64. The molecule has 2 atom stereocenters. The fraction of sp³-hybridized carbons (Fsp3) is 0.500. The Balaban J connectivity index is 1.97. The van der Waals surface area contributed by atoms with Crippen LogP contribution in [0.4, 0.5) is 0 Å². The Morgan fingerprint density at radius 2 is 2.26 bits per heavy atom. The van der Waals surface area contributed by atoms with Crippen LogP contribution in [0.25, 0.3) is 0 Å². The second-order valence-corrected chi connectivity index (χ2v) is 5.69. The predicted octanol–water partition coefficient (Wildman–Crippen LogP) is 1.03. The summed E-state index contributed by atoms with van der Waals surface area (Å²) in [6, 6.07) is 7.88. The average molecular weight is 263 g/mol. The van der Waals surface area contributed by atoms with Crippen LogP contribution in [0.1, 0.15) is 31.4 Å². The molecule has 2 rings (SSSR count). The van der Waals surface area contributed by atoms with Crippen LogP contribution in [-0.4, -0.2) is 28.3 Å². The lowest BCUT2D eigenvalue weighted by Crippen LogP contribution is -2.59. The largest absolute Gasteiger partial charge is 0.409 e. The molecule has 1 fully saturated rings. The third kappa shape index (κ3) is 2.72. The van der Waals surface area contributed by atoms with Gasteiger partial charge in [0, 0.05) is 23.6 Å². The summed E-state index contributed by atoms with van der Waals surface area (Å²) < 4.78 is 0. The van der Waals surface area contributed by atoms with Gasteiger partial charge in [-0.15, -0.1) is 0 Å². The van der Waals surface area contributed by atoms with E-state index in [0.29, 0.717) is 18.2 Å². The van der Waals surface area contributed by atoms with Crippen molar-refractivity contribution >= 4 is 5.84 Å². The molecule has 104 valence electrons. The van der Waals surface area contributed by atoms with E-state index in [1.165, 1.54) is 0 Å². The van der Waals surface area contributed by atoms with Gasteiger partial charge >= 0.3 is 0 Å². The third-order valence-electron chi connectivity index (χ3n) is 4.10. The van der Waals surface area contributed by atoms with E-state index in [-0.39, 0.29) is 17.4 Å². The van der Waals surface area contributed by atoms with Crippen molar-refractivity contribution < 1.29 is 10.3 Å². The highest BCUT2D eigenvalue weighted by Gasteiger charge is 2.46. The van der Waals surface area contributed by atoms with Gasteiger partial charge in [-0.3, -0.25) is 0 Å². The second kappa shape index (κ2) is 5.19. The van der Waals surface area contributed by atoms with Gasteiger partial charge in [0.05, 0.1) is 6.10 Å². The zero-order valence-corrected chi connectivity index (χ0v) is 11.3. The number of oxime groups is 1. The van der Waals surface area contributed by atoms with E-state index < -0.39 is 0 Å². The third-order valence-corrected chi connectivity index (χ3v) is 4.10. The Bertz CT molecular complexity index is 485. The molecule has 0 saturated heterocycles. The fourth-order valence-corrected chi connectivity index (χ4v) is 2.39. The predicted molar refractivity (Wildman–Crippen MR) is 74.0 cm³/mol. The molecule has 1 aliphatic carbocycles. The zero-order valence-electron chi connectivity index (χ0n) is 11.3. The zero-order chi connectivity index (χ0) is 14.0. The minimum absolute atomic E-state index is 0.0802. The molecule has 0 heterocycles. The Kier molecular flexibility index (Phi) is 3.78. The van der Waals surface area contributed by atoms with Crippen LogP contribution in [0.15, 0.2) is 29.4 Å². The fourth-order valence-electron chi connectivity index (χ4n) is 2.39. The summed E-state index contributed by atoms with van der Waals surface area (Å²) in [5, 5.41) is 24.8. The highest BCUT2D eigenvalue weighted by molar-refractivity contribution is 5.97. The molecule has 5 nitrogen and oxygen atoms in total. The van der Waals surface area contributed by atoms with E-state index in [1.807, 2.05) is 18.2 Å². The number of nitrogens with zero attached hydrogens (tertiary/aromatic N) is 1. The summed E-state index contributed by atoms with van der Waals surface area (Å²) >= 11 is 0. The van der Waals surface area contributed by atoms with Gasteiger partial charge < -0.3 is 21.4 Å². The van der Waals surface area contributed by atoms with Crippen molar-refractivity contribution in [3.63, 3.8) is 0 Å². The quantitative estimate of drug-likeness (QED) is 0.283. The molecule has 19 heavy (non-hydrogen) atoms. The molecule has 1 aliphatic rings. The van der Waals surface area contributed by atoms with E-state index >= 15 is 0 Å². The Morgan fingerprint density at radius 1 is 1.53 bits per heavy atom. The number of nitrogens with one attached hydrogen (secondary N) is 1. The van der Waals surface area contributed by atoms with E-state index in [0.717, 1.165) is 12.0 Å². The molecule has 5 N–H and O–H groups in total. The van der Waals surface area contributed by atoms with Crippen molar-refractivity contribution in [1.82, 2.24) is 5.32 Å². The molecule has 0 aromatic heterocycles. The summed E-state index contributed by atoms with van der Waals surface area (Å²) in [6.07, 6.45) is 0.556. The molecule has 1 saturated carbocycles. The highest BCUT2D eigenvalue weighted by Crippen LogP contribution is 2.40. The van der Waals surface area contributed by atoms with E-state index in [1.54, 1.807) is 6.07 Å². The van der Waals surface area contributed by atoms with Crippen molar-refractivity contribution in [1.29, 1.82) is 0 Å². The molecule has 0 aliphatic heterocycles. The monoisotopic (exact) mass is 263 g/mol. The van der Waals surface area contributed by atoms with Gasteiger partial charge in [-0.25, -0.2) is 0 Å². The Morgan fingerprint density at radius 3 is 2.84 bits per heavy atom. The first kappa shape index (κ1) is 13.8. The standard InChI is InChI=1S/C14H21N3O2/c1-14(2)11(7-12(14)18)16-8-9-4-3-5-10(6-9)13(15)17-19/h3-6,11-12,16,18-19H,7-8H2,1-2H3,(H2,15,17). The summed E-state index contributed by atoms with van der Waals surface area (Å²) in [6.45, 7) is 4.82. The summed E-state index contributed by atoms with van der Waals surface area (Å²) in [5.41, 5.74) is 7.26. The lowest BCUT2D eigenvalue weighted by molar-refractivity contribution is -0.0729. The second-order valence-electron chi connectivity index (χ2n) is 5.69. The van der Waals surface area contributed by atoms with Gasteiger partial charge in [0.1, 0.15) is 0 Å². The van der Waals surface area contributed by atoms with Crippen LogP contribution in [0.5, 0.6) is 0 Å². The number of benzene rings is 1. The molecule has 1 aromatic carbocycles. The van der Waals surface area contributed by atoms with Gasteiger partial charge in [0.15, 0.2) is 5.84 Å². The molecular formula is C14H21N3O2. The lowest BCUT2D eigenvalue weighted by Gasteiger charge is -2.49. The van der Waals surface area contributed by atoms with Gasteiger partial charge in [0.2, 0.25) is 0 Å².